The van der Waals surface area contributed by atoms with Crippen LogP contribution in [-0.4, -0.2) is 11.5 Å². The van der Waals surface area contributed by atoms with Gasteiger partial charge in [-0.2, -0.15) is 0 Å². The van der Waals surface area contributed by atoms with Crippen LogP contribution in [0.15, 0.2) is 6.07 Å². The molecule has 0 amide bonds. The Kier molecular flexibility index (Phi) is 1.70. The van der Waals surface area contributed by atoms with Gasteiger partial charge in [-0.3, -0.25) is 0 Å². The molecular weight excluding hydrogens is 136 g/mol. The van der Waals surface area contributed by atoms with E-state index in [1.54, 1.807) is 0 Å². The summed E-state index contributed by atoms with van der Waals surface area (Å²) in [5, 5.41) is 3.40. The van der Waals surface area contributed by atoms with Gasteiger partial charge in [0.25, 0.3) is 0 Å². The highest BCUT2D eigenvalue weighted by atomic mass is 14.9. The molecule has 0 aromatic carbocycles. The lowest BCUT2D eigenvalue weighted by Crippen LogP contribution is -2.11. The van der Waals surface area contributed by atoms with Crippen molar-refractivity contribution >= 4 is 0 Å². The van der Waals surface area contributed by atoms with Gasteiger partial charge in [-0.15, -0.1) is 0 Å². The third kappa shape index (κ3) is 1.31. The van der Waals surface area contributed by atoms with Gasteiger partial charge in [-0.25, -0.2) is 0 Å². The van der Waals surface area contributed by atoms with Crippen LogP contribution in [0.5, 0.6) is 0 Å². The minimum absolute atomic E-state index is 1.04. The van der Waals surface area contributed by atoms with Crippen LogP contribution >= 0.6 is 0 Å². The van der Waals surface area contributed by atoms with Gasteiger partial charge in [-0.05, 0) is 37.9 Å². The molecule has 1 aliphatic rings. The predicted octanol–water partition coefficient (Wildman–Crippen LogP) is 1.36. The first-order valence-electron chi connectivity index (χ1n) is 4.24. The molecule has 1 aromatic heterocycles. The van der Waals surface area contributed by atoms with Crippen molar-refractivity contribution in [3.05, 3.63) is 23.0 Å². The summed E-state index contributed by atoms with van der Waals surface area (Å²) in [6.07, 6.45) is 2.46. The lowest BCUT2D eigenvalue weighted by molar-refractivity contribution is 0.678. The molecule has 0 spiro atoms. The molecule has 2 rings (SSSR count). The minimum atomic E-state index is 1.04. The van der Waals surface area contributed by atoms with Crippen LogP contribution in [-0.2, 0) is 13.0 Å². The maximum atomic E-state index is 3.40. The van der Waals surface area contributed by atoms with E-state index in [1.807, 2.05) is 0 Å². The van der Waals surface area contributed by atoms with Crippen molar-refractivity contribution in [1.29, 1.82) is 0 Å². The molecule has 0 atom stereocenters. The zero-order chi connectivity index (χ0) is 7.68. The highest BCUT2D eigenvalue weighted by Gasteiger charge is 2.08. The monoisotopic (exact) mass is 150 g/mol. The number of H-pyrrole nitrogens is 1. The Hall–Kier alpha value is -0.760. The SMILES string of the molecule is Cc1cc2c([nH]1)CCCNC2. The van der Waals surface area contributed by atoms with Crippen LogP contribution < -0.4 is 5.32 Å². The lowest BCUT2D eigenvalue weighted by Gasteiger charge is -1.95. The second kappa shape index (κ2) is 2.70. The maximum Gasteiger partial charge on any atom is 0.0223 e. The van der Waals surface area contributed by atoms with E-state index in [1.165, 1.54) is 29.8 Å². The summed E-state index contributed by atoms with van der Waals surface area (Å²) in [6, 6.07) is 2.24. The minimum Gasteiger partial charge on any atom is -0.362 e. The summed E-state index contributed by atoms with van der Waals surface area (Å²) in [6.45, 7) is 4.32. The Morgan fingerprint density at radius 1 is 1.45 bits per heavy atom. The van der Waals surface area contributed by atoms with Gasteiger partial charge >= 0.3 is 0 Å². The Balaban J connectivity index is 2.32. The van der Waals surface area contributed by atoms with Crippen LogP contribution in [0, 0.1) is 6.92 Å². The summed E-state index contributed by atoms with van der Waals surface area (Å²) < 4.78 is 0. The molecule has 0 saturated heterocycles. The summed E-state index contributed by atoms with van der Waals surface area (Å²) >= 11 is 0. The average molecular weight is 150 g/mol. The number of fused-ring (bicyclic) bond motifs is 1. The highest BCUT2D eigenvalue weighted by Crippen LogP contribution is 2.14. The summed E-state index contributed by atoms with van der Waals surface area (Å²) in [5.74, 6) is 0. The highest BCUT2D eigenvalue weighted by molar-refractivity contribution is 5.26. The Bertz CT molecular complexity index is 227. The number of aryl methyl sites for hydroxylation is 2. The molecule has 60 valence electrons. The van der Waals surface area contributed by atoms with Crippen LogP contribution in [0.1, 0.15) is 23.4 Å². The molecule has 11 heavy (non-hydrogen) atoms. The molecule has 2 heteroatoms. The normalized spacial score (nSPS) is 17.5. The zero-order valence-corrected chi connectivity index (χ0v) is 6.91. The molecule has 1 aromatic rings. The molecule has 1 aliphatic heterocycles. The van der Waals surface area contributed by atoms with Gasteiger partial charge in [0.2, 0.25) is 0 Å². The maximum absolute atomic E-state index is 3.40. The molecule has 0 bridgehead atoms. The fraction of sp³-hybridized carbons (Fsp3) is 0.556. The molecular formula is C9H14N2. The van der Waals surface area contributed by atoms with E-state index in [9.17, 15) is 0 Å². The molecule has 0 radical (unpaired) electrons. The van der Waals surface area contributed by atoms with Gasteiger partial charge in [0.05, 0.1) is 0 Å². The van der Waals surface area contributed by atoms with E-state index in [0.717, 1.165) is 13.1 Å². The Labute approximate surface area is 67.0 Å². The second-order valence-corrected chi connectivity index (χ2v) is 3.24. The van der Waals surface area contributed by atoms with Crippen LogP contribution in [0.2, 0.25) is 0 Å². The first kappa shape index (κ1) is 6.92. The number of nitrogens with one attached hydrogen (secondary N) is 2. The number of aromatic amines is 1. The molecule has 0 fully saturated rings. The largest absolute Gasteiger partial charge is 0.362 e. The molecule has 0 saturated carbocycles. The quantitative estimate of drug-likeness (QED) is 0.574. The van der Waals surface area contributed by atoms with Gasteiger partial charge in [0.1, 0.15) is 0 Å². The molecule has 2 heterocycles. The van der Waals surface area contributed by atoms with Crippen molar-refractivity contribution in [1.82, 2.24) is 10.3 Å². The van der Waals surface area contributed by atoms with E-state index in [-0.39, 0.29) is 0 Å². The van der Waals surface area contributed by atoms with E-state index < -0.39 is 0 Å². The Morgan fingerprint density at radius 2 is 2.36 bits per heavy atom. The summed E-state index contributed by atoms with van der Waals surface area (Å²) in [7, 11) is 0. The molecule has 0 aliphatic carbocycles. The average Bonchev–Trinajstić information content (AvgIpc) is 2.17. The predicted molar refractivity (Wildman–Crippen MR) is 45.6 cm³/mol. The third-order valence-electron chi connectivity index (χ3n) is 2.22. The number of rotatable bonds is 0. The Morgan fingerprint density at radius 3 is 3.27 bits per heavy atom. The van der Waals surface area contributed by atoms with Crippen molar-refractivity contribution in [2.75, 3.05) is 6.54 Å². The van der Waals surface area contributed by atoms with Crippen molar-refractivity contribution in [3.63, 3.8) is 0 Å². The van der Waals surface area contributed by atoms with Gasteiger partial charge in [0.15, 0.2) is 0 Å². The topological polar surface area (TPSA) is 27.8 Å². The van der Waals surface area contributed by atoms with Gasteiger partial charge in [0, 0.05) is 17.9 Å². The van der Waals surface area contributed by atoms with E-state index in [2.05, 4.69) is 23.3 Å². The van der Waals surface area contributed by atoms with Crippen LogP contribution in [0.4, 0.5) is 0 Å². The van der Waals surface area contributed by atoms with E-state index in [0.29, 0.717) is 0 Å². The van der Waals surface area contributed by atoms with Crippen molar-refractivity contribution in [3.8, 4) is 0 Å². The van der Waals surface area contributed by atoms with Crippen molar-refractivity contribution in [2.24, 2.45) is 0 Å². The first-order valence-corrected chi connectivity index (χ1v) is 4.24. The summed E-state index contributed by atoms with van der Waals surface area (Å²) in [4.78, 5) is 3.40. The number of hydrogen-bond donors (Lipinski definition) is 2. The lowest BCUT2D eigenvalue weighted by atomic mass is 10.2. The van der Waals surface area contributed by atoms with Gasteiger partial charge in [-0.1, -0.05) is 0 Å². The summed E-state index contributed by atoms with van der Waals surface area (Å²) in [5.41, 5.74) is 4.19. The third-order valence-corrected chi connectivity index (χ3v) is 2.22. The first-order chi connectivity index (χ1) is 5.36. The molecule has 2 nitrogen and oxygen atoms in total. The van der Waals surface area contributed by atoms with Crippen LogP contribution in [0.3, 0.4) is 0 Å². The fourth-order valence-electron chi connectivity index (χ4n) is 1.70. The van der Waals surface area contributed by atoms with Crippen molar-refractivity contribution in [2.45, 2.75) is 26.3 Å². The van der Waals surface area contributed by atoms with E-state index in [4.69, 9.17) is 0 Å². The standard InChI is InChI=1S/C9H14N2/c1-7-5-8-6-10-4-2-3-9(8)11-7/h5,10-11H,2-4,6H2,1H3. The fourth-order valence-corrected chi connectivity index (χ4v) is 1.70. The number of hydrogen-bond acceptors (Lipinski definition) is 1. The van der Waals surface area contributed by atoms with E-state index >= 15 is 0 Å². The van der Waals surface area contributed by atoms with Crippen LogP contribution in [0.25, 0.3) is 0 Å². The smallest absolute Gasteiger partial charge is 0.0223 e. The second-order valence-electron chi connectivity index (χ2n) is 3.24. The zero-order valence-electron chi connectivity index (χ0n) is 6.91. The molecule has 0 unspecified atom stereocenters. The van der Waals surface area contributed by atoms with Gasteiger partial charge < -0.3 is 10.3 Å². The number of aromatic nitrogens is 1. The molecule has 2 N–H and O–H groups in total. The van der Waals surface area contributed by atoms with Crippen molar-refractivity contribution < 1.29 is 0 Å².